The van der Waals surface area contributed by atoms with Crippen LogP contribution in [-0.2, 0) is 16.1 Å². The summed E-state index contributed by atoms with van der Waals surface area (Å²) in [6, 6.07) is 7.01. The highest BCUT2D eigenvalue weighted by Gasteiger charge is 2.11. The van der Waals surface area contributed by atoms with Crippen molar-refractivity contribution >= 4 is 5.91 Å². The third-order valence-electron chi connectivity index (χ3n) is 3.46. The number of hydrogen-bond acceptors (Lipinski definition) is 5. The number of halogens is 1. The molecule has 0 atom stereocenters. The molecule has 25 heavy (non-hydrogen) atoms. The van der Waals surface area contributed by atoms with Crippen molar-refractivity contribution in [3.63, 3.8) is 0 Å². The van der Waals surface area contributed by atoms with E-state index in [1.165, 1.54) is 31.4 Å². The fourth-order valence-electron chi connectivity index (χ4n) is 2.17. The summed E-state index contributed by atoms with van der Waals surface area (Å²) < 4.78 is 25.0. The van der Waals surface area contributed by atoms with Crippen LogP contribution in [0, 0.1) is 5.82 Å². The maximum absolute atomic E-state index is 14.2. The first-order valence-corrected chi connectivity index (χ1v) is 7.73. The van der Waals surface area contributed by atoms with Crippen molar-refractivity contribution in [2.24, 2.45) is 0 Å². The zero-order valence-electron chi connectivity index (χ0n) is 14.1. The lowest BCUT2D eigenvalue weighted by Crippen LogP contribution is -2.34. The first kappa shape index (κ1) is 18.6. The van der Waals surface area contributed by atoms with Gasteiger partial charge in [-0.3, -0.25) is 9.59 Å². The highest BCUT2D eigenvalue weighted by Crippen LogP contribution is 2.23. The fraction of sp³-hybridized carbons (Fsp3) is 0.353. The zero-order chi connectivity index (χ0) is 18.2. The van der Waals surface area contributed by atoms with Gasteiger partial charge in [-0.1, -0.05) is 0 Å². The summed E-state index contributed by atoms with van der Waals surface area (Å²) in [7, 11) is 3.02. The molecule has 0 bridgehead atoms. The molecule has 1 amide bonds. The Balaban J connectivity index is 2.15. The maximum Gasteiger partial charge on any atom is 0.267 e. The molecule has 0 radical (unpaired) electrons. The average molecular weight is 349 g/mol. The standard InChI is InChI=1S/C17H20FN3O4/c1-24-9-3-8-19-16(22)11-21-17(23)7-6-15(20-21)13-5-4-12(25-2)10-14(13)18/h4-7,10H,3,8-9,11H2,1-2H3,(H,19,22). The second-order valence-electron chi connectivity index (χ2n) is 5.26. The Morgan fingerprint density at radius 2 is 2.08 bits per heavy atom. The van der Waals surface area contributed by atoms with Crippen molar-refractivity contribution in [1.29, 1.82) is 0 Å². The molecule has 0 unspecified atom stereocenters. The lowest BCUT2D eigenvalue weighted by atomic mass is 10.1. The van der Waals surface area contributed by atoms with Gasteiger partial charge in [-0.2, -0.15) is 5.10 Å². The fourth-order valence-corrected chi connectivity index (χ4v) is 2.17. The molecule has 0 aliphatic heterocycles. The van der Waals surface area contributed by atoms with E-state index in [0.717, 1.165) is 4.68 Å². The Morgan fingerprint density at radius 1 is 1.28 bits per heavy atom. The van der Waals surface area contributed by atoms with Crippen LogP contribution in [0.15, 0.2) is 35.1 Å². The lowest BCUT2D eigenvalue weighted by molar-refractivity contribution is -0.121. The first-order valence-electron chi connectivity index (χ1n) is 7.73. The molecule has 0 saturated heterocycles. The van der Waals surface area contributed by atoms with Gasteiger partial charge in [0, 0.05) is 38.0 Å². The van der Waals surface area contributed by atoms with E-state index < -0.39 is 11.4 Å². The van der Waals surface area contributed by atoms with Crippen LogP contribution >= 0.6 is 0 Å². The summed E-state index contributed by atoms with van der Waals surface area (Å²) in [5.74, 6) is -0.496. The minimum atomic E-state index is -0.527. The van der Waals surface area contributed by atoms with Crippen molar-refractivity contribution in [2.75, 3.05) is 27.4 Å². The molecule has 1 N–H and O–H groups in total. The van der Waals surface area contributed by atoms with Crippen LogP contribution in [0.4, 0.5) is 4.39 Å². The third-order valence-corrected chi connectivity index (χ3v) is 3.46. The number of amides is 1. The Morgan fingerprint density at radius 3 is 2.76 bits per heavy atom. The van der Waals surface area contributed by atoms with Gasteiger partial charge in [-0.25, -0.2) is 9.07 Å². The largest absolute Gasteiger partial charge is 0.497 e. The van der Waals surface area contributed by atoms with Crippen LogP contribution in [0.3, 0.4) is 0 Å². The average Bonchev–Trinajstić information content (AvgIpc) is 2.60. The number of aromatic nitrogens is 2. The van der Waals surface area contributed by atoms with Gasteiger partial charge in [0.2, 0.25) is 5.91 Å². The van der Waals surface area contributed by atoms with Crippen LogP contribution in [0.1, 0.15) is 6.42 Å². The van der Waals surface area contributed by atoms with Crippen molar-refractivity contribution in [3.8, 4) is 17.0 Å². The topological polar surface area (TPSA) is 82.4 Å². The number of benzene rings is 1. The highest BCUT2D eigenvalue weighted by atomic mass is 19.1. The van der Waals surface area contributed by atoms with E-state index in [0.29, 0.717) is 25.3 Å². The summed E-state index contributed by atoms with van der Waals surface area (Å²) >= 11 is 0. The zero-order valence-corrected chi connectivity index (χ0v) is 14.1. The molecule has 1 aromatic heterocycles. The molecule has 8 heteroatoms. The maximum atomic E-state index is 14.2. The molecule has 1 heterocycles. The number of rotatable bonds is 8. The van der Waals surface area contributed by atoms with E-state index in [1.807, 2.05) is 0 Å². The van der Waals surface area contributed by atoms with E-state index in [9.17, 15) is 14.0 Å². The monoisotopic (exact) mass is 349 g/mol. The summed E-state index contributed by atoms with van der Waals surface area (Å²) in [5.41, 5.74) is 0.0340. The molecule has 134 valence electrons. The van der Waals surface area contributed by atoms with Crippen LogP contribution in [0.25, 0.3) is 11.3 Å². The van der Waals surface area contributed by atoms with Crippen molar-refractivity contribution < 1.29 is 18.7 Å². The SMILES string of the molecule is COCCCNC(=O)Cn1nc(-c2ccc(OC)cc2F)ccc1=O. The Kier molecular flexibility index (Phi) is 6.64. The molecule has 0 fully saturated rings. The minimum Gasteiger partial charge on any atom is -0.497 e. The molecule has 7 nitrogen and oxygen atoms in total. The van der Waals surface area contributed by atoms with E-state index in [4.69, 9.17) is 9.47 Å². The molecular formula is C17H20FN3O4. The van der Waals surface area contributed by atoms with E-state index in [-0.39, 0.29) is 23.7 Å². The van der Waals surface area contributed by atoms with Gasteiger partial charge in [0.25, 0.3) is 5.56 Å². The second kappa shape index (κ2) is 8.93. The number of carbonyl (C=O) groups is 1. The number of ether oxygens (including phenoxy) is 2. The third kappa shape index (κ3) is 5.12. The minimum absolute atomic E-state index is 0.218. The Labute approximate surface area is 144 Å². The Hall–Kier alpha value is -2.74. The number of methoxy groups -OCH3 is 2. The molecule has 2 rings (SSSR count). The molecule has 0 aliphatic carbocycles. The predicted octanol–water partition coefficient (Wildman–Crippen LogP) is 1.21. The van der Waals surface area contributed by atoms with E-state index in [1.54, 1.807) is 13.2 Å². The molecule has 1 aromatic carbocycles. The van der Waals surface area contributed by atoms with Gasteiger partial charge in [-0.05, 0) is 24.6 Å². The van der Waals surface area contributed by atoms with Crippen LogP contribution in [0.5, 0.6) is 5.75 Å². The van der Waals surface area contributed by atoms with Crippen LogP contribution in [-0.4, -0.2) is 43.1 Å². The molecule has 0 aliphatic rings. The van der Waals surface area contributed by atoms with Crippen molar-refractivity contribution in [2.45, 2.75) is 13.0 Å². The van der Waals surface area contributed by atoms with Gasteiger partial charge in [0.05, 0.1) is 12.8 Å². The summed E-state index contributed by atoms with van der Waals surface area (Å²) in [6.45, 7) is 0.733. The van der Waals surface area contributed by atoms with Crippen LogP contribution < -0.4 is 15.6 Å². The number of nitrogens with one attached hydrogen (secondary N) is 1. The Bertz CT molecular complexity index is 792. The van der Waals surface area contributed by atoms with E-state index >= 15 is 0 Å². The van der Waals surface area contributed by atoms with Gasteiger partial charge < -0.3 is 14.8 Å². The normalized spacial score (nSPS) is 10.5. The van der Waals surface area contributed by atoms with Gasteiger partial charge in [0.15, 0.2) is 0 Å². The van der Waals surface area contributed by atoms with E-state index in [2.05, 4.69) is 10.4 Å². The summed E-state index contributed by atoms with van der Waals surface area (Å²) in [4.78, 5) is 23.8. The van der Waals surface area contributed by atoms with Gasteiger partial charge in [0.1, 0.15) is 18.1 Å². The smallest absolute Gasteiger partial charge is 0.267 e. The van der Waals surface area contributed by atoms with Gasteiger partial charge in [-0.15, -0.1) is 0 Å². The first-order chi connectivity index (χ1) is 12.0. The lowest BCUT2D eigenvalue weighted by Gasteiger charge is -2.09. The highest BCUT2D eigenvalue weighted by molar-refractivity contribution is 5.75. The second-order valence-corrected chi connectivity index (χ2v) is 5.26. The quantitative estimate of drug-likeness (QED) is 0.725. The molecule has 0 saturated carbocycles. The predicted molar refractivity (Wildman–Crippen MR) is 89.9 cm³/mol. The van der Waals surface area contributed by atoms with Crippen molar-refractivity contribution in [1.82, 2.24) is 15.1 Å². The molecule has 0 spiro atoms. The summed E-state index contributed by atoms with van der Waals surface area (Å²) in [6.07, 6.45) is 0.668. The number of nitrogens with zero attached hydrogens (tertiary/aromatic N) is 2. The molecular weight excluding hydrogens is 329 g/mol. The summed E-state index contributed by atoms with van der Waals surface area (Å²) in [5, 5.41) is 6.75. The van der Waals surface area contributed by atoms with Crippen LogP contribution in [0.2, 0.25) is 0 Å². The number of carbonyl (C=O) groups excluding carboxylic acids is 1. The van der Waals surface area contributed by atoms with Gasteiger partial charge >= 0.3 is 0 Å². The molecule has 2 aromatic rings. The van der Waals surface area contributed by atoms with Crippen molar-refractivity contribution in [3.05, 3.63) is 46.5 Å². The number of hydrogen-bond donors (Lipinski definition) is 1.